The Morgan fingerprint density at radius 2 is 1.89 bits per heavy atom. The Kier molecular flexibility index (Phi) is 4.30. The van der Waals surface area contributed by atoms with Crippen LogP contribution in [-0.4, -0.2) is 30.0 Å². The van der Waals surface area contributed by atoms with Crippen molar-refractivity contribution < 1.29 is 22.7 Å². The van der Waals surface area contributed by atoms with E-state index in [9.17, 15) is 18.0 Å². The largest absolute Gasteiger partial charge is 0.415 e. The van der Waals surface area contributed by atoms with Crippen LogP contribution in [0.15, 0.2) is 60.5 Å². The number of halogens is 3. The van der Waals surface area contributed by atoms with Crippen molar-refractivity contribution in [2.45, 2.75) is 18.4 Å². The summed E-state index contributed by atoms with van der Waals surface area (Å²) in [6.07, 6.45) is 0.743. The minimum atomic E-state index is -3.23. The van der Waals surface area contributed by atoms with Crippen LogP contribution in [0.1, 0.15) is 22.7 Å². The first-order chi connectivity index (χ1) is 13.0. The van der Waals surface area contributed by atoms with Crippen LogP contribution in [-0.2, 0) is 11.2 Å². The van der Waals surface area contributed by atoms with E-state index in [-0.39, 0.29) is 0 Å². The van der Waals surface area contributed by atoms with Gasteiger partial charge in [-0.05, 0) is 35.2 Å². The second-order valence-corrected chi connectivity index (χ2v) is 6.56. The first-order valence-electron chi connectivity index (χ1n) is 8.59. The van der Waals surface area contributed by atoms with E-state index >= 15 is 0 Å². The van der Waals surface area contributed by atoms with Gasteiger partial charge in [-0.15, -0.1) is 0 Å². The highest BCUT2D eigenvalue weighted by atomic mass is 19.3. The summed E-state index contributed by atoms with van der Waals surface area (Å²) >= 11 is 0. The molecule has 2 aliphatic heterocycles. The highest BCUT2D eigenvalue weighted by molar-refractivity contribution is 5.71. The second-order valence-electron chi connectivity index (χ2n) is 6.56. The lowest BCUT2D eigenvalue weighted by Crippen LogP contribution is -2.41. The van der Waals surface area contributed by atoms with E-state index in [1.54, 1.807) is 12.1 Å². The topological polar surface area (TPSA) is 41.6 Å². The lowest BCUT2D eigenvalue weighted by molar-refractivity contribution is 0.00107. The van der Waals surface area contributed by atoms with E-state index in [1.807, 2.05) is 24.3 Å². The lowest BCUT2D eigenvalue weighted by atomic mass is 9.88. The van der Waals surface area contributed by atoms with Crippen molar-refractivity contribution in [1.82, 2.24) is 10.2 Å². The van der Waals surface area contributed by atoms with Crippen molar-refractivity contribution in [2.24, 2.45) is 0 Å². The summed E-state index contributed by atoms with van der Waals surface area (Å²) in [5.74, 6) is -4.31. The van der Waals surface area contributed by atoms with Crippen molar-refractivity contribution in [1.29, 1.82) is 0 Å². The standard InChI is InChI=1S/C20H17F3N2O2/c21-15-7-5-14(6-8-15)18-16-4-2-1-3-13(16)9-10-25(18)19(26)27-17-11-24-12-20(17,22)23/h1-8,11,18,24H,9-10,12H2. The number of hydrogen-bond donors (Lipinski definition) is 1. The third-order valence-corrected chi connectivity index (χ3v) is 4.82. The normalized spacial score (nSPS) is 20.5. The molecule has 1 amide bonds. The van der Waals surface area contributed by atoms with E-state index in [1.165, 1.54) is 17.0 Å². The molecule has 2 aliphatic rings. The number of amides is 1. The molecule has 0 saturated carbocycles. The summed E-state index contributed by atoms with van der Waals surface area (Å²) in [6, 6.07) is 12.9. The molecule has 0 bridgehead atoms. The van der Waals surface area contributed by atoms with Gasteiger partial charge in [0.05, 0.1) is 12.6 Å². The lowest BCUT2D eigenvalue weighted by Gasteiger charge is -2.37. The Hall–Kier alpha value is -2.96. The van der Waals surface area contributed by atoms with Gasteiger partial charge in [-0.2, -0.15) is 8.78 Å². The molecule has 0 saturated heterocycles. The van der Waals surface area contributed by atoms with Crippen LogP contribution >= 0.6 is 0 Å². The molecule has 140 valence electrons. The van der Waals surface area contributed by atoms with Crippen molar-refractivity contribution in [3.05, 3.63) is 83.0 Å². The van der Waals surface area contributed by atoms with Gasteiger partial charge in [0.1, 0.15) is 5.82 Å². The fourth-order valence-electron chi connectivity index (χ4n) is 3.49. The van der Waals surface area contributed by atoms with Crippen molar-refractivity contribution in [2.75, 3.05) is 13.1 Å². The molecule has 0 fully saturated rings. The first kappa shape index (κ1) is 17.5. The second kappa shape index (κ2) is 6.64. The average molecular weight is 374 g/mol. The van der Waals surface area contributed by atoms with Crippen LogP contribution in [0, 0.1) is 5.82 Å². The average Bonchev–Trinajstić information content (AvgIpc) is 2.99. The van der Waals surface area contributed by atoms with Crippen LogP contribution < -0.4 is 5.32 Å². The quantitative estimate of drug-likeness (QED) is 0.864. The summed E-state index contributed by atoms with van der Waals surface area (Å²) in [4.78, 5) is 14.1. The highest BCUT2D eigenvalue weighted by Gasteiger charge is 2.43. The third kappa shape index (κ3) is 3.25. The maximum atomic E-state index is 13.8. The van der Waals surface area contributed by atoms with E-state index in [0.717, 1.165) is 17.3 Å². The predicted molar refractivity (Wildman–Crippen MR) is 92.6 cm³/mol. The number of fused-ring (bicyclic) bond motifs is 1. The predicted octanol–water partition coefficient (Wildman–Crippen LogP) is 3.99. The number of alkyl halides is 2. The van der Waals surface area contributed by atoms with Crippen molar-refractivity contribution in [3.8, 4) is 0 Å². The number of hydrogen-bond acceptors (Lipinski definition) is 3. The molecule has 0 aliphatic carbocycles. The summed E-state index contributed by atoms with van der Waals surface area (Å²) in [5, 5.41) is 2.39. The summed E-state index contributed by atoms with van der Waals surface area (Å²) in [5.41, 5.74) is 2.62. The molecule has 0 spiro atoms. The Morgan fingerprint density at radius 1 is 1.15 bits per heavy atom. The maximum absolute atomic E-state index is 13.8. The molecule has 2 aromatic rings. The van der Waals surface area contributed by atoms with Crippen molar-refractivity contribution >= 4 is 6.09 Å². The Morgan fingerprint density at radius 3 is 2.59 bits per heavy atom. The zero-order chi connectivity index (χ0) is 19.0. The molecule has 2 aromatic carbocycles. The van der Waals surface area contributed by atoms with Gasteiger partial charge in [-0.25, -0.2) is 9.18 Å². The number of benzene rings is 2. The Balaban J connectivity index is 1.68. The molecule has 7 heteroatoms. The van der Waals surface area contributed by atoms with Gasteiger partial charge in [0.2, 0.25) is 0 Å². The number of nitrogens with one attached hydrogen (secondary N) is 1. The number of nitrogens with zero attached hydrogens (tertiary/aromatic N) is 1. The number of rotatable bonds is 2. The van der Waals surface area contributed by atoms with Gasteiger partial charge in [0, 0.05) is 12.7 Å². The van der Waals surface area contributed by atoms with Gasteiger partial charge in [0.25, 0.3) is 0 Å². The Labute approximate surface area is 154 Å². The van der Waals surface area contributed by atoms with Gasteiger partial charge >= 0.3 is 12.0 Å². The van der Waals surface area contributed by atoms with Crippen LogP contribution in [0.25, 0.3) is 0 Å². The molecule has 0 radical (unpaired) electrons. The van der Waals surface area contributed by atoms with Gasteiger partial charge < -0.3 is 10.1 Å². The molecule has 1 atom stereocenters. The number of carbonyl (C=O) groups is 1. The van der Waals surface area contributed by atoms with Gasteiger partial charge in [-0.1, -0.05) is 36.4 Å². The van der Waals surface area contributed by atoms with Crippen LogP contribution in [0.3, 0.4) is 0 Å². The molecule has 2 heterocycles. The molecule has 27 heavy (non-hydrogen) atoms. The van der Waals surface area contributed by atoms with Crippen LogP contribution in [0.5, 0.6) is 0 Å². The minimum absolute atomic E-state index is 0.310. The van der Waals surface area contributed by atoms with Gasteiger partial charge in [0.15, 0.2) is 5.76 Å². The molecule has 4 nitrogen and oxygen atoms in total. The maximum Gasteiger partial charge on any atom is 0.415 e. The summed E-state index contributed by atoms with van der Waals surface area (Å²) in [6.45, 7) is -0.288. The Bertz CT molecular complexity index is 896. The fraction of sp³-hybridized carbons (Fsp3) is 0.250. The van der Waals surface area contributed by atoms with E-state index in [2.05, 4.69) is 5.32 Å². The van der Waals surface area contributed by atoms with Crippen molar-refractivity contribution in [3.63, 3.8) is 0 Å². The van der Waals surface area contributed by atoms with Crippen LogP contribution in [0.4, 0.5) is 18.0 Å². The molecule has 1 N–H and O–H groups in total. The SMILES string of the molecule is O=C(OC1=CNCC1(F)F)N1CCc2ccccc2C1c1ccc(F)cc1. The number of ether oxygens (including phenoxy) is 1. The smallest absolute Gasteiger partial charge is 0.407 e. The van der Waals surface area contributed by atoms with Crippen LogP contribution in [0.2, 0.25) is 0 Å². The minimum Gasteiger partial charge on any atom is -0.407 e. The highest BCUT2D eigenvalue weighted by Crippen LogP contribution is 2.37. The monoisotopic (exact) mass is 374 g/mol. The molecular weight excluding hydrogens is 357 g/mol. The molecular formula is C20H17F3N2O2. The molecule has 0 aromatic heterocycles. The van der Waals surface area contributed by atoms with Gasteiger partial charge in [-0.3, -0.25) is 4.90 Å². The summed E-state index contributed by atoms with van der Waals surface area (Å²) in [7, 11) is 0. The fourth-order valence-corrected chi connectivity index (χ4v) is 3.49. The van der Waals surface area contributed by atoms with E-state index in [0.29, 0.717) is 18.5 Å². The first-order valence-corrected chi connectivity index (χ1v) is 8.59. The summed E-state index contributed by atoms with van der Waals surface area (Å²) < 4.78 is 45.9. The zero-order valence-corrected chi connectivity index (χ0v) is 14.3. The van der Waals surface area contributed by atoms with E-state index < -0.39 is 36.2 Å². The third-order valence-electron chi connectivity index (χ3n) is 4.82. The molecule has 1 unspecified atom stereocenters. The number of carbonyl (C=O) groups excluding carboxylic acids is 1. The zero-order valence-electron chi connectivity index (χ0n) is 14.3. The molecule has 4 rings (SSSR count). The van der Waals surface area contributed by atoms with E-state index in [4.69, 9.17) is 4.74 Å².